The standard InChI is InChI=1S/C18H18N2O2/c1-22-16-9-4-6-14-7-5-13-20(18(14)16)17(21)11-10-15-8-2-3-12-19-15/h2-4,6,8-12H,5,7,13H2,1H3/b11-10+. The first kappa shape index (κ1) is 14.3. The van der Waals surface area contributed by atoms with Crippen LogP contribution in [0.2, 0.25) is 0 Å². The average Bonchev–Trinajstić information content (AvgIpc) is 2.59. The maximum Gasteiger partial charge on any atom is 0.251 e. The van der Waals surface area contributed by atoms with Crippen LogP contribution in [0.1, 0.15) is 17.7 Å². The number of fused-ring (bicyclic) bond motifs is 1. The van der Waals surface area contributed by atoms with Crippen LogP contribution in [-0.2, 0) is 11.2 Å². The molecule has 1 amide bonds. The highest BCUT2D eigenvalue weighted by atomic mass is 16.5. The molecule has 0 fully saturated rings. The summed E-state index contributed by atoms with van der Waals surface area (Å²) >= 11 is 0. The van der Waals surface area contributed by atoms with Crippen LogP contribution in [0.4, 0.5) is 5.69 Å². The summed E-state index contributed by atoms with van der Waals surface area (Å²) in [4.78, 5) is 18.5. The van der Waals surface area contributed by atoms with E-state index in [2.05, 4.69) is 11.1 Å². The number of ether oxygens (including phenoxy) is 1. The van der Waals surface area contributed by atoms with Gasteiger partial charge in [-0.2, -0.15) is 0 Å². The van der Waals surface area contributed by atoms with E-state index in [-0.39, 0.29) is 5.91 Å². The first-order chi connectivity index (χ1) is 10.8. The zero-order chi connectivity index (χ0) is 15.4. The maximum absolute atomic E-state index is 12.6. The Morgan fingerprint density at radius 1 is 1.27 bits per heavy atom. The molecule has 0 spiro atoms. The van der Waals surface area contributed by atoms with E-state index < -0.39 is 0 Å². The largest absolute Gasteiger partial charge is 0.495 e. The fourth-order valence-electron chi connectivity index (χ4n) is 2.72. The van der Waals surface area contributed by atoms with E-state index in [9.17, 15) is 4.79 Å². The summed E-state index contributed by atoms with van der Waals surface area (Å²) in [7, 11) is 1.64. The highest BCUT2D eigenvalue weighted by molar-refractivity contribution is 6.05. The zero-order valence-corrected chi connectivity index (χ0v) is 12.5. The minimum atomic E-state index is -0.0453. The molecule has 3 rings (SSSR count). The van der Waals surface area contributed by atoms with E-state index in [4.69, 9.17) is 4.74 Å². The molecule has 22 heavy (non-hydrogen) atoms. The number of benzene rings is 1. The number of nitrogens with zero attached hydrogens (tertiary/aromatic N) is 2. The van der Waals surface area contributed by atoms with Gasteiger partial charge in [-0.25, -0.2) is 0 Å². The van der Waals surface area contributed by atoms with Gasteiger partial charge >= 0.3 is 0 Å². The van der Waals surface area contributed by atoms with Gasteiger partial charge in [0.1, 0.15) is 5.75 Å². The van der Waals surface area contributed by atoms with E-state index in [0.717, 1.165) is 35.5 Å². The minimum absolute atomic E-state index is 0.0453. The van der Waals surface area contributed by atoms with E-state index in [1.165, 1.54) is 0 Å². The number of anilines is 1. The van der Waals surface area contributed by atoms with Crippen molar-refractivity contribution >= 4 is 17.7 Å². The Kier molecular flexibility index (Phi) is 4.19. The van der Waals surface area contributed by atoms with Crippen LogP contribution in [0.3, 0.4) is 0 Å². The summed E-state index contributed by atoms with van der Waals surface area (Å²) in [5.41, 5.74) is 2.82. The molecule has 112 valence electrons. The number of pyridine rings is 1. The van der Waals surface area contributed by atoms with Gasteiger partial charge in [0, 0.05) is 18.8 Å². The number of carbonyl (C=O) groups excluding carboxylic acids is 1. The van der Waals surface area contributed by atoms with Crippen molar-refractivity contribution < 1.29 is 9.53 Å². The lowest BCUT2D eigenvalue weighted by atomic mass is 10.0. The summed E-state index contributed by atoms with van der Waals surface area (Å²) in [6.07, 6.45) is 6.96. The zero-order valence-electron chi connectivity index (χ0n) is 12.5. The van der Waals surface area contributed by atoms with Gasteiger partial charge in [-0.15, -0.1) is 0 Å². The van der Waals surface area contributed by atoms with Crippen LogP contribution >= 0.6 is 0 Å². The molecule has 0 saturated carbocycles. The Bertz CT molecular complexity index is 681. The summed E-state index contributed by atoms with van der Waals surface area (Å²) in [5, 5.41) is 0. The maximum atomic E-state index is 12.6. The SMILES string of the molecule is COc1cccc2c1N(C(=O)/C=C/c1ccccn1)CCC2. The molecule has 0 radical (unpaired) electrons. The fourth-order valence-corrected chi connectivity index (χ4v) is 2.72. The summed E-state index contributed by atoms with van der Waals surface area (Å²) in [6.45, 7) is 0.707. The third kappa shape index (κ3) is 2.86. The highest BCUT2D eigenvalue weighted by Crippen LogP contribution is 2.36. The normalized spacial score (nSPS) is 14.0. The van der Waals surface area contributed by atoms with Crippen LogP contribution in [-0.4, -0.2) is 24.5 Å². The topological polar surface area (TPSA) is 42.4 Å². The third-order valence-electron chi connectivity index (χ3n) is 3.75. The van der Waals surface area contributed by atoms with Crippen molar-refractivity contribution in [2.45, 2.75) is 12.8 Å². The predicted octanol–water partition coefficient (Wildman–Crippen LogP) is 3.08. The first-order valence-corrected chi connectivity index (χ1v) is 7.36. The van der Waals surface area contributed by atoms with Gasteiger partial charge in [-0.1, -0.05) is 18.2 Å². The Morgan fingerprint density at radius 2 is 2.18 bits per heavy atom. The van der Waals surface area contributed by atoms with Gasteiger partial charge in [0.05, 0.1) is 18.5 Å². The molecule has 4 heteroatoms. The van der Waals surface area contributed by atoms with Crippen LogP contribution in [0.15, 0.2) is 48.7 Å². The van der Waals surface area contributed by atoms with Crippen molar-refractivity contribution in [2.24, 2.45) is 0 Å². The summed E-state index contributed by atoms with van der Waals surface area (Å²) in [6, 6.07) is 11.5. The molecule has 2 aromatic rings. The number of rotatable bonds is 3. The number of amides is 1. The Labute approximate surface area is 130 Å². The quantitative estimate of drug-likeness (QED) is 0.817. The molecule has 1 aromatic heterocycles. The number of aryl methyl sites for hydroxylation is 1. The monoisotopic (exact) mass is 294 g/mol. The number of para-hydroxylation sites is 1. The van der Waals surface area contributed by atoms with Crippen LogP contribution in [0.5, 0.6) is 5.75 Å². The lowest BCUT2D eigenvalue weighted by Gasteiger charge is -2.30. The number of aromatic nitrogens is 1. The van der Waals surface area contributed by atoms with E-state index in [1.807, 2.05) is 30.3 Å². The van der Waals surface area contributed by atoms with Crippen molar-refractivity contribution in [2.75, 3.05) is 18.6 Å². The van der Waals surface area contributed by atoms with Gasteiger partial charge in [-0.3, -0.25) is 9.78 Å². The second-order valence-electron chi connectivity index (χ2n) is 5.15. The molecule has 0 unspecified atom stereocenters. The van der Waals surface area contributed by atoms with Crippen molar-refractivity contribution in [3.05, 3.63) is 59.9 Å². The molecule has 1 aromatic carbocycles. The van der Waals surface area contributed by atoms with Crippen LogP contribution in [0, 0.1) is 0 Å². The minimum Gasteiger partial charge on any atom is -0.495 e. The summed E-state index contributed by atoms with van der Waals surface area (Å²) < 4.78 is 5.43. The molecule has 0 saturated heterocycles. The van der Waals surface area contributed by atoms with Crippen molar-refractivity contribution in [1.29, 1.82) is 0 Å². The van der Waals surface area contributed by atoms with Crippen molar-refractivity contribution in [3.63, 3.8) is 0 Å². The van der Waals surface area contributed by atoms with Gasteiger partial charge in [0.15, 0.2) is 0 Å². The molecule has 1 aliphatic rings. The second-order valence-corrected chi connectivity index (χ2v) is 5.15. The fraction of sp³-hybridized carbons (Fsp3) is 0.222. The number of hydrogen-bond donors (Lipinski definition) is 0. The lowest BCUT2D eigenvalue weighted by molar-refractivity contribution is -0.114. The molecule has 0 bridgehead atoms. The molecule has 0 aliphatic carbocycles. The van der Waals surface area contributed by atoms with Crippen molar-refractivity contribution in [3.8, 4) is 5.75 Å². The summed E-state index contributed by atoms with van der Waals surface area (Å²) in [5.74, 6) is 0.702. The molecule has 0 N–H and O–H groups in total. The molecule has 2 heterocycles. The third-order valence-corrected chi connectivity index (χ3v) is 3.75. The molecular weight excluding hydrogens is 276 g/mol. The number of hydrogen-bond acceptors (Lipinski definition) is 3. The number of methoxy groups -OCH3 is 1. The van der Waals surface area contributed by atoms with Gasteiger partial charge in [-0.05, 0) is 42.7 Å². The van der Waals surface area contributed by atoms with Crippen LogP contribution in [0.25, 0.3) is 6.08 Å². The average molecular weight is 294 g/mol. The number of carbonyl (C=O) groups is 1. The van der Waals surface area contributed by atoms with E-state index in [1.54, 1.807) is 30.4 Å². The smallest absolute Gasteiger partial charge is 0.251 e. The Morgan fingerprint density at radius 3 is 2.95 bits per heavy atom. The molecule has 4 nitrogen and oxygen atoms in total. The highest BCUT2D eigenvalue weighted by Gasteiger charge is 2.24. The molecule has 0 atom stereocenters. The Hall–Kier alpha value is -2.62. The van der Waals surface area contributed by atoms with Crippen LogP contribution < -0.4 is 9.64 Å². The van der Waals surface area contributed by atoms with Crippen molar-refractivity contribution in [1.82, 2.24) is 4.98 Å². The predicted molar refractivity (Wildman–Crippen MR) is 86.9 cm³/mol. The molecule has 1 aliphatic heterocycles. The van der Waals surface area contributed by atoms with Gasteiger partial charge in [0.2, 0.25) is 0 Å². The van der Waals surface area contributed by atoms with Gasteiger partial charge in [0.25, 0.3) is 5.91 Å². The van der Waals surface area contributed by atoms with E-state index in [0.29, 0.717) is 6.54 Å². The Balaban J connectivity index is 1.88. The van der Waals surface area contributed by atoms with Gasteiger partial charge < -0.3 is 9.64 Å². The molecular formula is C18H18N2O2. The second kappa shape index (κ2) is 6.43. The first-order valence-electron chi connectivity index (χ1n) is 7.36. The lowest BCUT2D eigenvalue weighted by Crippen LogP contribution is -2.34. The van der Waals surface area contributed by atoms with E-state index >= 15 is 0 Å².